The van der Waals surface area contributed by atoms with Crippen LogP contribution in [-0.2, 0) is 17.5 Å². The largest absolute Gasteiger partial charge is 0.449 e. The number of para-hydroxylation sites is 2. The third kappa shape index (κ3) is 3.27. The van der Waals surface area contributed by atoms with Crippen LogP contribution in [-0.4, -0.2) is 31.9 Å². The van der Waals surface area contributed by atoms with Crippen LogP contribution in [0.3, 0.4) is 0 Å². The van der Waals surface area contributed by atoms with Gasteiger partial charge in [-0.25, -0.2) is 4.98 Å². The fraction of sp³-hybridized carbons (Fsp3) is 0.316. The lowest BCUT2D eigenvalue weighted by molar-refractivity contribution is -0.148. The molecule has 1 aliphatic heterocycles. The molecule has 0 N–H and O–H groups in total. The quantitative estimate of drug-likeness (QED) is 0.700. The van der Waals surface area contributed by atoms with Gasteiger partial charge in [0.05, 0.1) is 17.1 Å². The van der Waals surface area contributed by atoms with Crippen molar-refractivity contribution in [1.29, 1.82) is 0 Å². The Labute approximate surface area is 153 Å². The second kappa shape index (κ2) is 6.68. The maximum atomic E-state index is 13.4. The lowest BCUT2D eigenvalue weighted by atomic mass is 10.1. The molecule has 27 heavy (non-hydrogen) atoms. The summed E-state index contributed by atoms with van der Waals surface area (Å²) in [5.74, 6) is -1.39. The Kier molecular flexibility index (Phi) is 4.33. The van der Waals surface area contributed by atoms with E-state index in [-0.39, 0.29) is 17.5 Å². The Morgan fingerprint density at radius 1 is 1.15 bits per heavy atom. The first-order valence-corrected chi connectivity index (χ1v) is 8.67. The van der Waals surface area contributed by atoms with Gasteiger partial charge in [-0.3, -0.25) is 9.78 Å². The van der Waals surface area contributed by atoms with Crippen molar-refractivity contribution in [3.05, 3.63) is 60.2 Å². The summed E-state index contributed by atoms with van der Waals surface area (Å²) in [6, 6.07) is 9.87. The molecule has 3 heterocycles. The molecular formula is C19H17F3N4O. The first kappa shape index (κ1) is 17.5. The zero-order valence-electron chi connectivity index (χ0n) is 14.4. The molecule has 0 spiro atoms. The number of hydrogen-bond donors (Lipinski definition) is 0. The van der Waals surface area contributed by atoms with E-state index in [1.54, 1.807) is 35.5 Å². The Bertz CT molecular complexity index is 968. The van der Waals surface area contributed by atoms with Crippen molar-refractivity contribution in [2.45, 2.75) is 31.6 Å². The number of benzene rings is 1. The lowest BCUT2D eigenvalue weighted by Crippen LogP contribution is -2.34. The average Bonchev–Trinajstić information content (AvgIpc) is 3.27. The molecule has 2 aromatic heterocycles. The zero-order chi connectivity index (χ0) is 19.0. The molecule has 0 aliphatic carbocycles. The average molecular weight is 374 g/mol. The van der Waals surface area contributed by atoms with Gasteiger partial charge in [0.1, 0.15) is 6.54 Å². The fourth-order valence-electron chi connectivity index (χ4n) is 3.68. The number of likely N-dealkylation sites (tertiary alicyclic amines) is 1. The van der Waals surface area contributed by atoms with Crippen LogP contribution in [0.1, 0.15) is 30.3 Å². The van der Waals surface area contributed by atoms with E-state index in [0.29, 0.717) is 12.1 Å². The van der Waals surface area contributed by atoms with Crippen molar-refractivity contribution >= 4 is 16.9 Å². The molecule has 0 bridgehead atoms. The molecule has 140 valence electrons. The molecule has 0 unspecified atom stereocenters. The molecule has 1 saturated heterocycles. The minimum atomic E-state index is -4.63. The van der Waals surface area contributed by atoms with E-state index < -0.39 is 18.5 Å². The van der Waals surface area contributed by atoms with Gasteiger partial charge in [-0.1, -0.05) is 12.1 Å². The standard InChI is InChI=1S/C19H17F3N4O/c20-19(21,22)18-24-14-4-1-2-5-16(14)26(18)12-17(27)25-11-3-6-15(25)13-7-9-23-10-8-13/h1-2,4-5,7-10,15H,3,6,11-12H2/t15-/m1/s1. The number of fused-ring (bicyclic) bond motifs is 1. The first-order chi connectivity index (χ1) is 12.9. The van der Waals surface area contributed by atoms with E-state index in [4.69, 9.17) is 0 Å². The number of aromatic nitrogens is 3. The topological polar surface area (TPSA) is 51.0 Å². The van der Waals surface area contributed by atoms with Crippen LogP contribution < -0.4 is 0 Å². The van der Waals surface area contributed by atoms with Crippen molar-refractivity contribution in [3.8, 4) is 0 Å². The number of amides is 1. The molecule has 8 heteroatoms. The summed E-state index contributed by atoms with van der Waals surface area (Å²) < 4.78 is 41.3. The number of carbonyl (C=O) groups is 1. The van der Waals surface area contributed by atoms with Crippen molar-refractivity contribution in [2.75, 3.05) is 6.54 Å². The van der Waals surface area contributed by atoms with Crippen LogP contribution in [0.2, 0.25) is 0 Å². The van der Waals surface area contributed by atoms with Gasteiger partial charge in [-0.2, -0.15) is 13.2 Å². The third-order valence-corrected chi connectivity index (χ3v) is 4.87. The Morgan fingerprint density at radius 2 is 1.89 bits per heavy atom. The third-order valence-electron chi connectivity index (χ3n) is 4.87. The molecule has 1 amide bonds. The van der Waals surface area contributed by atoms with E-state index in [0.717, 1.165) is 23.0 Å². The zero-order valence-corrected chi connectivity index (χ0v) is 14.4. The minimum absolute atomic E-state index is 0.135. The van der Waals surface area contributed by atoms with Gasteiger partial charge in [0.25, 0.3) is 0 Å². The van der Waals surface area contributed by atoms with Gasteiger partial charge in [-0.05, 0) is 42.7 Å². The summed E-state index contributed by atoms with van der Waals surface area (Å²) in [5.41, 5.74) is 1.48. The van der Waals surface area contributed by atoms with Gasteiger partial charge in [-0.15, -0.1) is 0 Å². The highest BCUT2D eigenvalue weighted by atomic mass is 19.4. The monoisotopic (exact) mass is 374 g/mol. The molecule has 0 radical (unpaired) electrons. The van der Waals surface area contributed by atoms with Gasteiger partial charge in [0, 0.05) is 18.9 Å². The summed E-state index contributed by atoms with van der Waals surface area (Å²) in [5, 5.41) is 0. The number of pyridine rings is 1. The smallest absolute Gasteiger partial charge is 0.334 e. The molecule has 1 aliphatic rings. The van der Waals surface area contributed by atoms with Crippen molar-refractivity contribution < 1.29 is 18.0 Å². The lowest BCUT2D eigenvalue weighted by Gasteiger charge is -2.25. The second-order valence-electron chi connectivity index (χ2n) is 6.53. The molecule has 0 saturated carbocycles. The molecule has 1 aromatic carbocycles. The number of nitrogens with zero attached hydrogens (tertiary/aromatic N) is 4. The Morgan fingerprint density at radius 3 is 2.63 bits per heavy atom. The predicted molar refractivity (Wildman–Crippen MR) is 92.7 cm³/mol. The molecular weight excluding hydrogens is 357 g/mol. The van der Waals surface area contributed by atoms with Gasteiger partial charge in [0.2, 0.25) is 11.7 Å². The Hall–Kier alpha value is -2.90. The molecule has 1 fully saturated rings. The highest BCUT2D eigenvalue weighted by Crippen LogP contribution is 2.34. The maximum absolute atomic E-state index is 13.4. The Balaban J connectivity index is 1.67. The summed E-state index contributed by atoms with van der Waals surface area (Å²) in [6.45, 7) is 0.136. The van der Waals surface area contributed by atoms with Gasteiger partial charge >= 0.3 is 6.18 Å². The van der Waals surface area contributed by atoms with Crippen molar-refractivity contribution in [3.63, 3.8) is 0 Å². The molecule has 3 aromatic rings. The fourth-order valence-corrected chi connectivity index (χ4v) is 3.68. The summed E-state index contributed by atoms with van der Waals surface area (Å²) in [7, 11) is 0. The molecule has 4 rings (SSSR count). The number of carbonyl (C=O) groups excluding carboxylic acids is 1. The highest BCUT2D eigenvalue weighted by molar-refractivity contribution is 5.81. The predicted octanol–water partition coefficient (Wildman–Crippen LogP) is 3.81. The second-order valence-corrected chi connectivity index (χ2v) is 6.53. The molecule has 5 nitrogen and oxygen atoms in total. The van der Waals surface area contributed by atoms with Gasteiger partial charge in [0.15, 0.2) is 0 Å². The molecule has 1 atom stereocenters. The van der Waals surface area contributed by atoms with Crippen molar-refractivity contribution in [2.24, 2.45) is 0 Å². The number of alkyl halides is 3. The van der Waals surface area contributed by atoms with E-state index in [9.17, 15) is 18.0 Å². The summed E-state index contributed by atoms with van der Waals surface area (Å²) in [4.78, 5) is 22.2. The van der Waals surface area contributed by atoms with Crippen LogP contribution in [0.15, 0.2) is 48.8 Å². The number of halogens is 3. The van der Waals surface area contributed by atoms with Crippen LogP contribution in [0.4, 0.5) is 13.2 Å². The van der Waals surface area contributed by atoms with Crippen LogP contribution in [0.25, 0.3) is 11.0 Å². The minimum Gasteiger partial charge on any atom is -0.334 e. The van der Waals surface area contributed by atoms with E-state index in [2.05, 4.69) is 9.97 Å². The van der Waals surface area contributed by atoms with Crippen LogP contribution in [0.5, 0.6) is 0 Å². The normalized spacial score (nSPS) is 17.6. The van der Waals surface area contributed by atoms with Crippen molar-refractivity contribution in [1.82, 2.24) is 19.4 Å². The van der Waals surface area contributed by atoms with E-state index in [1.807, 2.05) is 12.1 Å². The van der Waals surface area contributed by atoms with E-state index >= 15 is 0 Å². The maximum Gasteiger partial charge on any atom is 0.449 e. The van der Waals surface area contributed by atoms with Gasteiger partial charge < -0.3 is 9.47 Å². The summed E-state index contributed by atoms with van der Waals surface area (Å²) in [6.07, 6.45) is 0.278. The summed E-state index contributed by atoms with van der Waals surface area (Å²) >= 11 is 0. The SMILES string of the molecule is O=C(Cn1c(C(F)(F)F)nc2ccccc21)N1CCC[C@@H]1c1ccncc1. The van der Waals surface area contributed by atoms with Crippen LogP contribution in [0, 0.1) is 0 Å². The number of rotatable bonds is 3. The highest BCUT2D eigenvalue weighted by Gasteiger charge is 2.39. The van der Waals surface area contributed by atoms with Crippen LogP contribution >= 0.6 is 0 Å². The number of hydrogen-bond acceptors (Lipinski definition) is 3. The number of imidazole rings is 1. The first-order valence-electron chi connectivity index (χ1n) is 8.67. The van der Waals surface area contributed by atoms with E-state index in [1.165, 1.54) is 6.07 Å².